The maximum absolute atomic E-state index is 13.6. The van der Waals surface area contributed by atoms with Crippen molar-refractivity contribution in [2.75, 3.05) is 32.8 Å². The van der Waals surface area contributed by atoms with Crippen LogP contribution in [-0.2, 0) is 27.7 Å². The zero-order chi connectivity index (χ0) is 21.3. The zero-order valence-corrected chi connectivity index (χ0v) is 17.1. The Balaban J connectivity index is 1.34. The van der Waals surface area contributed by atoms with Crippen LogP contribution in [0.1, 0.15) is 17.5 Å². The van der Waals surface area contributed by atoms with Gasteiger partial charge in [-0.15, -0.1) is 0 Å². The van der Waals surface area contributed by atoms with E-state index >= 15 is 0 Å². The number of nitrogens with zero attached hydrogens (tertiary/aromatic N) is 2. The van der Waals surface area contributed by atoms with Gasteiger partial charge < -0.3 is 9.64 Å². The molecule has 1 aliphatic heterocycles. The van der Waals surface area contributed by atoms with Gasteiger partial charge in [-0.05, 0) is 54.7 Å². The highest BCUT2D eigenvalue weighted by atomic mass is 32.2. The number of sulfonamides is 1. The lowest BCUT2D eigenvalue weighted by molar-refractivity contribution is -0.134. The molecule has 0 aromatic heterocycles. The molecule has 6 nitrogen and oxygen atoms in total. The number of hydrogen-bond donors (Lipinski definition) is 0. The molecule has 30 heavy (non-hydrogen) atoms. The van der Waals surface area contributed by atoms with Crippen LogP contribution < -0.4 is 4.74 Å². The Bertz CT molecular complexity index is 1070. The van der Waals surface area contributed by atoms with E-state index < -0.39 is 28.3 Å². The van der Waals surface area contributed by atoms with E-state index in [-0.39, 0.29) is 42.7 Å². The first-order chi connectivity index (χ1) is 14.3. The number of benzene rings is 2. The molecule has 0 atom stereocenters. The number of amides is 1. The van der Waals surface area contributed by atoms with E-state index in [0.29, 0.717) is 6.07 Å². The first-order valence-corrected chi connectivity index (χ1v) is 11.3. The summed E-state index contributed by atoms with van der Waals surface area (Å²) >= 11 is 0. The van der Waals surface area contributed by atoms with Crippen LogP contribution in [0, 0.1) is 11.6 Å². The molecule has 0 bridgehead atoms. The number of piperazine rings is 1. The minimum atomic E-state index is -3.62. The summed E-state index contributed by atoms with van der Waals surface area (Å²) in [6, 6.07) is 8.16. The largest absolute Gasteiger partial charge is 0.481 e. The van der Waals surface area contributed by atoms with E-state index in [1.54, 1.807) is 12.1 Å². The summed E-state index contributed by atoms with van der Waals surface area (Å²) in [6.45, 7) is 0.392. The van der Waals surface area contributed by atoms with Crippen LogP contribution in [-0.4, -0.2) is 56.3 Å². The third kappa shape index (κ3) is 4.17. The molecule has 2 aromatic rings. The first kappa shape index (κ1) is 20.7. The number of hydrogen-bond acceptors (Lipinski definition) is 4. The fraction of sp³-hybridized carbons (Fsp3) is 0.381. The molecule has 9 heteroatoms. The molecule has 1 saturated heterocycles. The van der Waals surface area contributed by atoms with Gasteiger partial charge in [-0.3, -0.25) is 4.79 Å². The lowest BCUT2D eigenvalue weighted by Gasteiger charge is -2.34. The average molecular weight is 436 g/mol. The summed E-state index contributed by atoms with van der Waals surface area (Å²) in [5, 5.41) is 0. The van der Waals surface area contributed by atoms with Gasteiger partial charge in [-0.1, -0.05) is 6.07 Å². The van der Waals surface area contributed by atoms with Gasteiger partial charge in [0, 0.05) is 32.2 Å². The monoisotopic (exact) mass is 436 g/mol. The van der Waals surface area contributed by atoms with Crippen molar-refractivity contribution in [3.05, 3.63) is 59.2 Å². The number of halogens is 2. The number of rotatable bonds is 5. The summed E-state index contributed by atoms with van der Waals surface area (Å²) in [4.78, 5) is 14.1. The van der Waals surface area contributed by atoms with E-state index in [1.165, 1.54) is 14.8 Å². The highest BCUT2D eigenvalue weighted by Crippen LogP contribution is 2.27. The van der Waals surface area contributed by atoms with Crippen LogP contribution in [0.25, 0.3) is 0 Å². The molecule has 0 saturated carbocycles. The van der Waals surface area contributed by atoms with Gasteiger partial charge in [0.2, 0.25) is 10.0 Å². The van der Waals surface area contributed by atoms with E-state index in [0.717, 1.165) is 37.0 Å². The normalized spacial score (nSPS) is 17.1. The Labute approximate surface area is 174 Å². The fourth-order valence-electron chi connectivity index (χ4n) is 3.86. The second-order valence-corrected chi connectivity index (χ2v) is 9.37. The van der Waals surface area contributed by atoms with Crippen molar-refractivity contribution >= 4 is 15.9 Å². The number of fused-ring (bicyclic) bond motifs is 1. The summed E-state index contributed by atoms with van der Waals surface area (Å²) in [7, 11) is -3.62. The maximum atomic E-state index is 13.6. The third-order valence-corrected chi connectivity index (χ3v) is 7.44. The Hall–Kier alpha value is -2.52. The van der Waals surface area contributed by atoms with Gasteiger partial charge in [0.15, 0.2) is 18.2 Å². The van der Waals surface area contributed by atoms with Gasteiger partial charge in [0.05, 0.1) is 4.90 Å². The Morgan fingerprint density at radius 2 is 1.70 bits per heavy atom. The predicted octanol–water partition coefficient (Wildman–Crippen LogP) is 2.37. The molecule has 4 rings (SSSR count). The van der Waals surface area contributed by atoms with Crippen LogP contribution in [0.5, 0.6) is 5.75 Å². The molecule has 0 N–H and O–H groups in total. The Morgan fingerprint density at radius 3 is 2.43 bits per heavy atom. The third-order valence-electron chi connectivity index (χ3n) is 5.54. The van der Waals surface area contributed by atoms with Gasteiger partial charge >= 0.3 is 0 Å². The Kier molecular flexibility index (Phi) is 5.75. The molecular weight excluding hydrogens is 414 g/mol. The van der Waals surface area contributed by atoms with Crippen LogP contribution in [0.3, 0.4) is 0 Å². The van der Waals surface area contributed by atoms with E-state index in [2.05, 4.69) is 0 Å². The molecule has 1 aliphatic carbocycles. The fourth-order valence-corrected chi connectivity index (χ4v) is 5.33. The van der Waals surface area contributed by atoms with Crippen molar-refractivity contribution in [2.24, 2.45) is 0 Å². The quantitative estimate of drug-likeness (QED) is 0.722. The molecule has 0 spiro atoms. The molecule has 1 fully saturated rings. The van der Waals surface area contributed by atoms with Crippen molar-refractivity contribution in [3.63, 3.8) is 0 Å². The van der Waals surface area contributed by atoms with E-state index in [9.17, 15) is 22.0 Å². The summed E-state index contributed by atoms with van der Waals surface area (Å²) in [6.07, 6.45) is 2.93. The lowest BCUT2D eigenvalue weighted by atomic mass is 10.1. The standard InChI is InChI=1S/C21H22F2N2O4S/c22-17-5-7-20(19(23)13-17)29-14-21(26)24-8-10-25(11-9-24)30(27,28)18-6-4-15-2-1-3-16(15)12-18/h4-7,12-13H,1-3,8-11,14H2. The first-order valence-electron chi connectivity index (χ1n) is 9.82. The number of aryl methyl sites for hydroxylation is 2. The zero-order valence-electron chi connectivity index (χ0n) is 16.3. The molecule has 160 valence electrons. The summed E-state index contributed by atoms with van der Waals surface area (Å²) in [5.74, 6) is -2.20. The average Bonchev–Trinajstić information content (AvgIpc) is 3.21. The summed E-state index contributed by atoms with van der Waals surface area (Å²) in [5.41, 5.74) is 2.30. The second-order valence-electron chi connectivity index (χ2n) is 7.43. The van der Waals surface area contributed by atoms with Gasteiger partial charge in [-0.25, -0.2) is 17.2 Å². The van der Waals surface area contributed by atoms with Gasteiger partial charge in [-0.2, -0.15) is 4.31 Å². The molecule has 1 heterocycles. The van der Waals surface area contributed by atoms with E-state index in [4.69, 9.17) is 4.74 Å². The minimum Gasteiger partial charge on any atom is -0.481 e. The van der Waals surface area contributed by atoms with Gasteiger partial charge in [0.25, 0.3) is 5.91 Å². The van der Waals surface area contributed by atoms with Crippen LogP contribution in [0.2, 0.25) is 0 Å². The summed E-state index contributed by atoms with van der Waals surface area (Å²) < 4.78 is 59.0. The van der Waals surface area contributed by atoms with Gasteiger partial charge in [0.1, 0.15) is 5.82 Å². The lowest BCUT2D eigenvalue weighted by Crippen LogP contribution is -2.51. The SMILES string of the molecule is O=C(COc1ccc(F)cc1F)N1CCN(S(=O)(=O)c2ccc3c(c2)CCC3)CC1. The molecule has 2 aromatic carbocycles. The van der Waals surface area contributed by atoms with Crippen molar-refractivity contribution < 1.29 is 26.7 Å². The molecule has 2 aliphatic rings. The highest BCUT2D eigenvalue weighted by molar-refractivity contribution is 7.89. The number of carbonyl (C=O) groups is 1. The highest BCUT2D eigenvalue weighted by Gasteiger charge is 2.31. The predicted molar refractivity (Wildman–Crippen MR) is 106 cm³/mol. The number of carbonyl (C=O) groups excluding carboxylic acids is 1. The van der Waals surface area contributed by atoms with Crippen molar-refractivity contribution in [3.8, 4) is 5.75 Å². The van der Waals surface area contributed by atoms with E-state index in [1.807, 2.05) is 6.07 Å². The topological polar surface area (TPSA) is 66.9 Å². The van der Waals surface area contributed by atoms with Crippen molar-refractivity contribution in [1.82, 2.24) is 9.21 Å². The molecule has 1 amide bonds. The smallest absolute Gasteiger partial charge is 0.260 e. The number of ether oxygens (including phenoxy) is 1. The van der Waals surface area contributed by atoms with Crippen molar-refractivity contribution in [1.29, 1.82) is 0 Å². The Morgan fingerprint density at radius 1 is 0.967 bits per heavy atom. The minimum absolute atomic E-state index is 0.177. The molecular formula is C21H22F2N2O4S. The van der Waals surface area contributed by atoms with Crippen LogP contribution >= 0.6 is 0 Å². The molecule has 0 radical (unpaired) electrons. The van der Waals surface area contributed by atoms with Crippen LogP contribution in [0.4, 0.5) is 8.78 Å². The molecule has 0 unspecified atom stereocenters. The van der Waals surface area contributed by atoms with Crippen LogP contribution in [0.15, 0.2) is 41.3 Å². The second kappa shape index (κ2) is 8.31. The van der Waals surface area contributed by atoms with Crippen molar-refractivity contribution in [2.45, 2.75) is 24.2 Å². The maximum Gasteiger partial charge on any atom is 0.260 e.